The van der Waals surface area contributed by atoms with Crippen LogP contribution in [0, 0.1) is 0 Å². The van der Waals surface area contributed by atoms with Crippen LogP contribution in [-0.4, -0.2) is 61.5 Å². The van der Waals surface area contributed by atoms with Crippen molar-refractivity contribution < 1.29 is 39.8 Å². The highest BCUT2D eigenvalue weighted by Crippen LogP contribution is 2.30. The van der Waals surface area contributed by atoms with Gasteiger partial charge in [0.1, 0.15) is 12.2 Å². The third kappa shape index (κ3) is 19.6. The van der Waals surface area contributed by atoms with Gasteiger partial charge in [-0.2, -0.15) is 0 Å². The molecule has 1 aliphatic heterocycles. The van der Waals surface area contributed by atoms with Gasteiger partial charge >= 0.3 is 11.9 Å². The molecular weight excluding hydrogens is 632 g/mol. The van der Waals surface area contributed by atoms with Crippen LogP contribution in [0.1, 0.15) is 175 Å². The Morgan fingerprint density at radius 2 is 1.06 bits per heavy atom. The quantitative estimate of drug-likeness (QED) is 0.0602. The molecule has 1 saturated heterocycles. The number of esters is 2. The van der Waals surface area contributed by atoms with E-state index in [0.29, 0.717) is 18.4 Å². The Morgan fingerprint density at radius 1 is 0.640 bits per heavy atom. The second kappa shape index (κ2) is 29.6. The Labute approximate surface area is 306 Å². The van der Waals surface area contributed by atoms with Gasteiger partial charge < -0.3 is 28.8 Å². The number of benzene rings is 1. The number of unbranched alkanes of at least 4 members (excludes halogenated alkanes) is 20. The molecule has 1 aliphatic rings. The summed E-state index contributed by atoms with van der Waals surface area (Å²) in [7, 11) is 1.42. The van der Waals surface area contributed by atoms with Gasteiger partial charge in [0, 0.05) is 20.0 Å². The van der Waals surface area contributed by atoms with E-state index >= 15 is 0 Å². The molecule has 0 amide bonds. The van der Waals surface area contributed by atoms with E-state index in [-0.39, 0.29) is 12.8 Å². The van der Waals surface area contributed by atoms with Crippen LogP contribution in [0.15, 0.2) is 30.3 Å². The van der Waals surface area contributed by atoms with E-state index in [9.17, 15) is 14.7 Å². The summed E-state index contributed by atoms with van der Waals surface area (Å²) in [5.41, 5.74) is 0.596. The molecule has 1 N–H and O–H groups in total. The van der Waals surface area contributed by atoms with Crippen molar-refractivity contribution in [3.05, 3.63) is 35.9 Å². The highest BCUT2D eigenvalue weighted by atomic mass is 16.7. The van der Waals surface area contributed by atoms with Gasteiger partial charge in [-0.05, 0) is 18.4 Å². The smallest absolute Gasteiger partial charge is 0.306 e. The molecule has 0 saturated carbocycles. The van der Waals surface area contributed by atoms with Crippen LogP contribution >= 0.6 is 0 Å². The SMILES string of the molecule is [2H]C(O[C@H]1[C@H](OC(=O)CCCCCCCCCCCCC)[C@@H](OC(=O)CCCCCCCCCCCCC)C(OC)O[C@@H]1CO)c1ccccc1. The molecule has 6 atom stereocenters. The van der Waals surface area contributed by atoms with Gasteiger partial charge in [0.15, 0.2) is 18.5 Å². The maximum atomic E-state index is 13.3. The first kappa shape index (κ1) is 42.4. The molecule has 1 aromatic carbocycles. The first-order valence-electron chi connectivity index (χ1n) is 20.8. The molecule has 50 heavy (non-hydrogen) atoms. The summed E-state index contributed by atoms with van der Waals surface area (Å²) in [5.74, 6) is -0.870. The molecule has 8 nitrogen and oxygen atoms in total. The number of ether oxygens (including phenoxy) is 5. The molecule has 8 heteroatoms. The van der Waals surface area contributed by atoms with Gasteiger partial charge in [0.05, 0.1) is 14.6 Å². The Balaban J connectivity index is 1.95. The van der Waals surface area contributed by atoms with E-state index in [1.165, 1.54) is 103 Å². The molecule has 0 radical (unpaired) electrons. The van der Waals surface area contributed by atoms with E-state index < -0.39 is 55.8 Å². The maximum absolute atomic E-state index is 13.3. The van der Waals surface area contributed by atoms with Gasteiger partial charge in [0.25, 0.3) is 0 Å². The zero-order valence-corrected chi connectivity index (χ0v) is 31.8. The van der Waals surface area contributed by atoms with Crippen LogP contribution in [-0.2, 0) is 39.9 Å². The molecular formula is C42H72O8. The van der Waals surface area contributed by atoms with Crippen molar-refractivity contribution >= 4 is 11.9 Å². The lowest BCUT2D eigenvalue weighted by Gasteiger charge is -2.44. The standard InChI is InChI=1S/C42H72O8/c1-4-6-8-10-12-14-16-18-20-22-27-31-37(44)49-40-39(47-34-35-29-25-24-26-30-35)36(33-43)48-42(46-3)41(40)50-38(45)32-28-23-21-19-17-15-13-11-9-7-5-2/h24-26,29-30,36,39-43H,4-23,27-28,31-34H2,1-3H3/t36-,39-,40+,41-,42?/m1/s1/i34D/t34?,36-,39-,40+,41-,42?. The Bertz CT molecular complexity index is 994. The normalized spacial score (nSPS) is 21.4. The molecule has 288 valence electrons. The maximum Gasteiger partial charge on any atom is 0.306 e. The predicted octanol–water partition coefficient (Wildman–Crippen LogP) is 10.2. The Morgan fingerprint density at radius 3 is 1.48 bits per heavy atom. The monoisotopic (exact) mass is 706 g/mol. The third-order valence-corrected chi connectivity index (χ3v) is 9.67. The van der Waals surface area contributed by atoms with Gasteiger partial charge in [-0.25, -0.2) is 0 Å². The Hall–Kier alpha value is -2.00. The minimum atomic E-state index is -1.14. The predicted molar refractivity (Wildman–Crippen MR) is 200 cm³/mol. The summed E-state index contributed by atoms with van der Waals surface area (Å²) in [6, 6.07) is 9.01. The van der Waals surface area contributed by atoms with Crippen molar-refractivity contribution in [1.82, 2.24) is 0 Å². The fraction of sp³-hybridized carbons (Fsp3) is 0.810. The van der Waals surface area contributed by atoms with E-state index in [1.54, 1.807) is 12.1 Å². The molecule has 1 heterocycles. The zero-order valence-electron chi connectivity index (χ0n) is 32.8. The first-order chi connectivity index (χ1) is 24.9. The van der Waals surface area contributed by atoms with Gasteiger partial charge in [-0.1, -0.05) is 173 Å². The summed E-state index contributed by atoms with van der Waals surface area (Å²) in [6.45, 7) is 2.87. The van der Waals surface area contributed by atoms with Gasteiger partial charge in [-0.3, -0.25) is 9.59 Å². The van der Waals surface area contributed by atoms with Gasteiger partial charge in [-0.15, -0.1) is 0 Å². The molecule has 1 aromatic rings. The van der Waals surface area contributed by atoms with Crippen LogP contribution in [0.5, 0.6) is 0 Å². The third-order valence-electron chi connectivity index (χ3n) is 9.67. The molecule has 0 aromatic heterocycles. The highest BCUT2D eigenvalue weighted by molar-refractivity contribution is 5.70. The Kier molecular flexibility index (Phi) is 25.1. The van der Waals surface area contributed by atoms with Crippen molar-refractivity contribution in [2.24, 2.45) is 0 Å². The molecule has 2 rings (SSSR count). The van der Waals surface area contributed by atoms with Crippen molar-refractivity contribution in [2.45, 2.75) is 205 Å². The van der Waals surface area contributed by atoms with Crippen molar-refractivity contribution in [1.29, 1.82) is 0 Å². The highest BCUT2D eigenvalue weighted by Gasteiger charge is 2.51. The number of hydrogen-bond donors (Lipinski definition) is 1. The second-order valence-corrected chi connectivity index (χ2v) is 14.1. The summed E-state index contributed by atoms with van der Waals surface area (Å²) >= 11 is 0. The average molecular weight is 706 g/mol. The number of aliphatic hydroxyl groups excluding tert-OH is 1. The lowest BCUT2D eigenvalue weighted by Crippen LogP contribution is -2.62. The topological polar surface area (TPSA) is 101 Å². The van der Waals surface area contributed by atoms with E-state index in [1.807, 2.05) is 18.2 Å². The summed E-state index contributed by atoms with van der Waals surface area (Å²) in [5, 5.41) is 10.3. The fourth-order valence-corrected chi connectivity index (χ4v) is 6.62. The number of methoxy groups -OCH3 is 1. The molecule has 2 unspecified atom stereocenters. The molecule has 0 bridgehead atoms. The zero-order chi connectivity index (χ0) is 36.9. The van der Waals surface area contributed by atoms with Crippen LogP contribution in [0.4, 0.5) is 0 Å². The number of hydrogen-bond acceptors (Lipinski definition) is 8. The largest absolute Gasteiger partial charge is 0.455 e. The minimum Gasteiger partial charge on any atom is -0.455 e. The fourth-order valence-electron chi connectivity index (χ4n) is 6.62. The second-order valence-electron chi connectivity index (χ2n) is 14.1. The van der Waals surface area contributed by atoms with Crippen LogP contribution in [0.2, 0.25) is 0 Å². The summed E-state index contributed by atoms with van der Waals surface area (Å²) in [6.07, 6.45) is 20.9. The van der Waals surface area contributed by atoms with Gasteiger partial charge in [0.2, 0.25) is 0 Å². The van der Waals surface area contributed by atoms with Crippen LogP contribution in [0.25, 0.3) is 0 Å². The summed E-state index contributed by atoms with van der Waals surface area (Å²) in [4.78, 5) is 26.4. The van der Waals surface area contributed by atoms with E-state index in [4.69, 9.17) is 25.1 Å². The molecule has 1 fully saturated rings. The van der Waals surface area contributed by atoms with Crippen molar-refractivity contribution in [3.8, 4) is 0 Å². The van der Waals surface area contributed by atoms with Crippen LogP contribution < -0.4 is 0 Å². The number of aliphatic hydroxyl groups is 1. The number of carbonyl (C=O) groups is 2. The number of rotatable bonds is 31. The summed E-state index contributed by atoms with van der Waals surface area (Å²) < 4.78 is 38.4. The van der Waals surface area contributed by atoms with E-state index in [2.05, 4.69) is 13.8 Å². The van der Waals surface area contributed by atoms with Crippen LogP contribution in [0.3, 0.4) is 0 Å². The van der Waals surface area contributed by atoms with E-state index in [0.717, 1.165) is 32.1 Å². The number of carbonyl (C=O) groups excluding carboxylic acids is 2. The average Bonchev–Trinajstić information content (AvgIpc) is 3.14. The molecule has 0 spiro atoms. The minimum absolute atomic E-state index is 0.213. The first-order valence-corrected chi connectivity index (χ1v) is 20.3. The lowest BCUT2D eigenvalue weighted by atomic mass is 9.98. The molecule has 0 aliphatic carbocycles. The van der Waals surface area contributed by atoms with Crippen molar-refractivity contribution in [3.63, 3.8) is 0 Å². The lowest BCUT2D eigenvalue weighted by molar-refractivity contribution is -0.308. The van der Waals surface area contributed by atoms with Crippen molar-refractivity contribution in [2.75, 3.05) is 13.7 Å².